The van der Waals surface area contributed by atoms with Crippen LogP contribution in [0.3, 0.4) is 0 Å². The maximum absolute atomic E-state index is 11.7. The molecule has 0 aromatic carbocycles. The molecule has 0 bridgehead atoms. The molecule has 0 aromatic rings. The van der Waals surface area contributed by atoms with Gasteiger partial charge in [-0.1, -0.05) is 0 Å². The van der Waals surface area contributed by atoms with Crippen LogP contribution in [-0.4, -0.2) is 69.6 Å². The Hall–Kier alpha value is -0.660. The number of sulfonamides is 1. The van der Waals surface area contributed by atoms with E-state index in [0.717, 1.165) is 19.3 Å². The molecule has 1 rings (SSSR count). The van der Waals surface area contributed by atoms with Crippen LogP contribution in [0.25, 0.3) is 0 Å². The summed E-state index contributed by atoms with van der Waals surface area (Å²) in [6.45, 7) is 4.13. The van der Waals surface area contributed by atoms with E-state index in [1.54, 1.807) is 4.90 Å². The van der Waals surface area contributed by atoms with Crippen molar-refractivity contribution in [2.45, 2.75) is 13.0 Å². The van der Waals surface area contributed by atoms with Gasteiger partial charge in [0.25, 0.3) is 0 Å². The van der Waals surface area contributed by atoms with Gasteiger partial charge >= 0.3 is 0 Å². The van der Waals surface area contributed by atoms with Crippen molar-refractivity contribution in [3.05, 3.63) is 0 Å². The van der Waals surface area contributed by atoms with Crippen LogP contribution in [0.2, 0.25) is 0 Å². The van der Waals surface area contributed by atoms with Crippen molar-refractivity contribution in [2.24, 2.45) is 0 Å². The van der Waals surface area contributed by atoms with E-state index in [0.29, 0.717) is 6.54 Å². The molecule has 0 radical (unpaired) electrons. The van der Waals surface area contributed by atoms with E-state index in [2.05, 4.69) is 9.62 Å². The third kappa shape index (κ3) is 4.07. The highest BCUT2D eigenvalue weighted by Crippen LogP contribution is 2.07. The summed E-state index contributed by atoms with van der Waals surface area (Å²) in [5.74, 6) is -0.161. The van der Waals surface area contributed by atoms with E-state index in [9.17, 15) is 13.2 Å². The van der Waals surface area contributed by atoms with Gasteiger partial charge in [0.05, 0.1) is 12.8 Å². The third-order valence-corrected chi connectivity index (χ3v) is 3.31. The fourth-order valence-electron chi connectivity index (χ4n) is 1.80. The summed E-state index contributed by atoms with van der Waals surface area (Å²) in [5.41, 5.74) is 0. The normalized spacial score (nSPS) is 23.4. The monoisotopic (exact) mass is 249 g/mol. The van der Waals surface area contributed by atoms with Crippen LogP contribution >= 0.6 is 0 Å². The first-order valence-electron chi connectivity index (χ1n) is 5.22. The van der Waals surface area contributed by atoms with E-state index in [1.807, 2.05) is 14.0 Å². The number of rotatable bonds is 3. The predicted octanol–water partition coefficient (Wildman–Crippen LogP) is -1.30. The maximum Gasteiger partial charge on any atom is 0.237 e. The van der Waals surface area contributed by atoms with Gasteiger partial charge in [0, 0.05) is 25.7 Å². The zero-order chi connectivity index (χ0) is 12.3. The summed E-state index contributed by atoms with van der Waals surface area (Å²) in [5, 5.41) is 0. The largest absolute Gasteiger partial charge is 0.336 e. The molecule has 6 nitrogen and oxygen atoms in total. The molecule has 94 valence electrons. The number of nitrogens with one attached hydrogen (secondary N) is 1. The number of piperazine rings is 1. The molecule has 1 amide bonds. The Bertz CT molecular complexity index is 355. The second-order valence-corrected chi connectivity index (χ2v) is 6.12. The van der Waals surface area contributed by atoms with E-state index < -0.39 is 10.0 Å². The van der Waals surface area contributed by atoms with Crippen LogP contribution in [0.1, 0.15) is 6.92 Å². The van der Waals surface area contributed by atoms with Crippen LogP contribution in [-0.2, 0) is 14.8 Å². The van der Waals surface area contributed by atoms with Crippen LogP contribution in [0.15, 0.2) is 0 Å². The first-order valence-corrected chi connectivity index (χ1v) is 7.11. The summed E-state index contributed by atoms with van der Waals surface area (Å²) >= 11 is 0. The first kappa shape index (κ1) is 13.4. The fraction of sp³-hybridized carbons (Fsp3) is 0.889. The number of hydrogen-bond donors (Lipinski definition) is 1. The molecule has 0 saturated carbocycles. The average Bonchev–Trinajstić information content (AvgIpc) is 2.13. The number of likely N-dealkylation sites (N-methyl/N-ethyl adjacent to an activating group) is 1. The summed E-state index contributed by atoms with van der Waals surface area (Å²) < 4.78 is 23.9. The van der Waals surface area contributed by atoms with Gasteiger partial charge in [0.2, 0.25) is 15.9 Å². The van der Waals surface area contributed by atoms with Crippen molar-refractivity contribution >= 4 is 15.9 Å². The maximum atomic E-state index is 11.7. The van der Waals surface area contributed by atoms with E-state index in [1.165, 1.54) is 0 Å². The second-order valence-electron chi connectivity index (χ2n) is 4.29. The zero-order valence-electron chi connectivity index (χ0n) is 9.93. The highest BCUT2D eigenvalue weighted by Gasteiger charge is 2.25. The molecule has 1 aliphatic rings. The van der Waals surface area contributed by atoms with Crippen molar-refractivity contribution in [3.8, 4) is 0 Å². The van der Waals surface area contributed by atoms with E-state index in [4.69, 9.17) is 0 Å². The Labute approximate surface area is 96.6 Å². The molecular weight excluding hydrogens is 230 g/mol. The Morgan fingerprint density at radius 2 is 2.06 bits per heavy atom. The van der Waals surface area contributed by atoms with Crippen LogP contribution in [0, 0.1) is 0 Å². The number of nitrogens with zero attached hydrogens (tertiary/aromatic N) is 2. The van der Waals surface area contributed by atoms with Gasteiger partial charge in [-0.3, -0.25) is 4.79 Å². The number of amides is 1. The molecule has 1 aliphatic heterocycles. The first-order chi connectivity index (χ1) is 7.29. The predicted molar refractivity (Wildman–Crippen MR) is 61.5 cm³/mol. The quantitative estimate of drug-likeness (QED) is 0.675. The lowest BCUT2D eigenvalue weighted by Gasteiger charge is -2.38. The van der Waals surface area contributed by atoms with E-state index >= 15 is 0 Å². The van der Waals surface area contributed by atoms with Gasteiger partial charge in [-0.2, -0.15) is 0 Å². The Morgan fingerprint density at radius 1 is 1.44 bits per heavy atom. The van der Waals surface area contributed by atoms with Crippen LogP contribution in [0.4, 0.5) is 0 Å². The van der Waals surface area contributed by atoms with Crippen molar-refractivity contribution < 1.29 is 13.2 Å². The third-order valence-electron chi connectivity index (χ3n) is 2.64. The molecular formula is C9H19N3O3S. The van der Waals surface area contributed by atoms with Gasteiger partial charge in [-0.25, -0.2) is 13.1 Å². The van der Waals surface area contributed by atoms with Crippen molar-refractivity contribution in [1.29, 1.82) is 0 Å². The Morgan fingerprint density at radius 3 is 2.56 bits per heavy atom. The lowest BCUT2D eigenvalue weighted by atomic mass is 10.2. The molecule has 1 heterocycles. The van der Waals surface area contributed by atoms with Crippen molar-refractivity contribution in [3.63, 3.8) is 0 Å². The lowest BCUT2D eigenvalue weighted by molar-refractivity contribution is -0.134. The number of carbonyl (C=O) groups excluding carboxylic acids is 1. The van der Waals surface area contributed by atoms with Crippen molar-refractivity contribution in [1.82, 2.24) is 14.5 Å². The molecule has 7 heteroatoms. The van der Waals surface area contributed by atoms with Crippen LogP contribution < -0.4 is 4.72 Å². The Kier molecular flexibility index (Phi) is 4.28. The minimum absolute atomic E-state index is 0.132. The summed E-state index contributed by atoms with van der Waals surface area (Å²) in [7, 11) is -1.29. The average molecular weight is 249 g/mol. The zero-order valence-corrected chi connectivity index (χ0v) is 10.7. The smallest absolute Gasteiger partial charge is 0.237 e. The van der Waals surface area contributed by atoms with Gasteiger partial charge in [-0.05, 0) is 14.0 Å². The van der Waals surface area contributed by atoms with Crippen molar-refractivity contribution in [2.75, 3.05) is 39.5 Å². The van der Waals surface area contributed by atoms with Gasteiger partial charge < -0.3 is 9.80 Å². The SMILES string of the molecule is CC1CN(C)CCN1C(=O)CNS(C)(=O)=O. The molecule has 1 atom stereocenters. The molecule has 0 aliphatic carbocycles. The topological polar surface area (TPSA) is 69.7 Å². The van der Waals surface area contributed by atoms with Crippen LogP contribution in [0.5, 0.6) is 0 Å². The summed E-state index contributed by atoms with van der Waals surface area (Å²) in [6, 6.07) is 0.132. The van der Waals surface area contributed by atoms with Gasteiger partial charge in [0.15, 0.2) is 0 Å². The molecule has 1 saturated heterocycles. The standard InChI is InChI=1S/C9H19N3O3S/c1-8-7-11(2)4-5-12(8)9(13)6-10-16(3,14)15/h8,10H,4-7H2,1-3H3. The molecule has 1 N–H and O–H groups in total. The van der Waals surface area contributed by atoms with Gasteiger partial charge in [-0.15, -0.1) is 0 Å². The van der Waals surface area contributed by atoms with Gasteiger partial charge in [0.1, 0.15) is 0 Å². The number of hydrogen-bond acceptors (Lipinski definition) is 4. The fourth-order valence-corrected chi connectivity index (χ4v) is 2.19. The molecule has 1 unspecified atom stereocenters. The Balaban J connectivity index is 2.48. The second kappa shape index (κ2) is 5.11. The summed E-state index contributed by atoms with van der Waals surface area (Å²) in [6.07, 6.45) is 1.05. The lowest BCUT2D eigenvalue weighted by Crippen LogP contribution is -2.54. The molecule has 1 fully saturated rings. The molecule has 16 heavy (non-hydrogen) atoms. The molecule has 0 spiro atoms. The molecule has 0 aromatic heterocycles. The number of carbonyl (C=O) groups is 1. The minimum atomic E-state index is -3.29. The highest BCUT2D eigenvalue weighted by atomic mass is 32.2. The van der Waals surface area contributed by atoms with E-state index in [-0.39, 0.29) is 18.5 Å². The highest BCUT2D eigenvalue weighted by molar-refractivity contribution is 7.88. The summed E-state index contributed by atoms with van der Waals surface area (Å²) in [4.78, 5) is 15.6. The minimum Gasteiger partial charge on any atom is -0.336 e.